The molecule has 2 fully saturated rings. The minimum Gasteiger partial charge on any atom is -0.364 e. The monoisotopic (exact) mass is 311 g/mol. The molecule has 1 amide bonds. The van der Waals surface area contributed by atoms with Gasteiger partial charge in [0.25, 0.3) is 0 Å². The molecule has 0 bridgehead atoms. The predicted octanol–water partition coefficient (Wildman–Crippen LogP) is 0.488. The van der Waals surface area contributed by atoms with E-state index in [9.17, 15) is 4.79 Å². The third-order valence-corrected chi connectivity index (χ3v) is 4.29. The Labute approximate surface area is 133 Å². The smallest absolute Gasteiger partial charge is 0.249 e. The Kier molecular flexibility index (Phi) is 3.63. The van der Waals surface area contributed by atoms with Crippen molar-refractivity contribution in [2.75, 3.05) is 24.6 Å². The summed E-state index contributed by atoms with van der Waals surface area (Å²) in [5.74, 6) is 0.699. The van der Waals surface area contributed by atoms with Crippen LogP contribution in [0.2, 0.25) is 0 Å². The van der Waals surface area contributed by atoms with Gasteiger partial charge in [-0.05, 0) is 17.7 Å². The van der Waals surface area contributed by atoms with Crippen molar-refractivity contribution in [1.82, 2.24) is 19.9 Å². The highest BCUT2D eigenvalue weighted by Crippen LogP contribution is 2.27. The summed E-state index contributed by atoms with van der Waals surface area (Å²) in [6, 6.07) is 5.68. The Bertz CT molecular complexity index is 681. The van der Waals surface area contributed by atoms with Crippen molar-refractivity contribution >= 4 is 11.9 Å². The molecule has 2 aliphatic rings. The average molecular weight is 311 g/mol. The number of pyridine rings is 1. The lowest BCUT2D eigenvalue weighted by Crippen LogP contribution is -2.53. The van der Waals surface area contributed by atoms with Gasteiger partial charge in [-0.2, -0.15) is 0 Å². The normalized spacial score (nSPS) is 23.9. The molecule has 7 nitrogen and oxygen atoms in total. The summed E-state index contributed by atoms with van der Waals surface area (Å²) in [5, 5.41) is 0. The Balaban J connectivity index is 1.54. The Morgan fingerprint density at radius 2 is 2.04 bits per heavy atom. The third kappa shape index (κ3) is 2.75. The average Bonchev–Trinajstić information content (AvgIpc) is 3.04. The minimum atomic E-state index is -0.00632. The molecule has 0 radical (unpaired) electrons. The Morgan fingerprint density at radius 3 is 2.83 bits per heavy atom. The summed E-state index contributed by atoms with van der Waals surface area (Å²) in [6.45, 7) is 2.07. The third-order valence-electron chi connectivity index (χ3n) is 4.29. The van der Waals surface area contributed by atoms with E-state index in [-0.39, 0.29) is 24.7 Å². The first-order chi connectivity index (χ1) is 11.3. The van der Waals surface area contributed by atoms with Crippen LogP contribution >= 0.6 is 0 Å². The first kappa shape index (κ1) is 14.1. The van der Waals surface area contributed by atoms with Crippen molar-refractivity contribution in [3.05, 3.63) is 48.5 Å². The number of ether oxygens (including phenoxy) is 1. The highest BCUT2D eigenvalue weighted by molar-refractivity contribution is 5.79. The maximum Gasteiger partial charge on any atom is 0.249 e. The van der Waals surface area contributed by atoms with Crippen molar-refractivity contribution in [2.24, 2.45) is 0 Å². The zero-order valence-corrected chi connectivity index (χ0v) is 12.6. The SMILES string of the molecule is O=C1CO[C@@H]2CN(c3ncccn3)C[C@H]2N1Cc1cccnc1. The van der Waals surface area contributed by atoms with E-state index in [2.05, 4.69) is 19.9 Å². The summed E-state index contributed by atoms with van der Waals surface area (Å²) < 4.78 is 5.73. The molecule has 2 aromatic rings. The zero-order chi connectivity index (χ0) is 15.6. The maximum atomic E-state index is 12.3. The van der Waals surface area contributed by atoms with Gasteiger partial charge in [0.2, 0.25) is 11.9 Å². The van der Waals surface area contributed by atoms with Crippen LogP contribution in [0.15, 0.2) is 43.0 Å². The van der Waals surface area contributed by atoms with Crippen molar-refractivity contribution in [2.45, 2.75) is 18.7 Å². The molecule has 0 aromatic carbocycles. The molecule has 2 aromatic heterocycles. The van der Waals surface area contributed by atoms with E-state index in [4.69, 9.17) is 4.74 Å². The van der Waals surface area contributed by atoms with Crippen LogP contribution in [0.1, 0.15) is 5.56 Å². The van der Waals surface area contributed by atoms with Crippen LogP contribution in [0.5, 0.6) is 0 Å². The lowest BCUT2D eigenvalue weighted by atomic mass is 10.1. The summed E-state index contributed by atoms with van der Waals surface area (Å²) in [7, 11) is 0. The molecule has 4 rings (SSSR count). The number of morpholine rings is 1. The Hall–Kier alpha value is -2.54. The molecule has 2 atom stereocenters. The van der Waals surface area contributed by atoms with Crippen LogP contribution in [0.4, 0.5) is 5.95 Å². The number of aromatic nitrogens is 3. The number of carbonyl (C=O) groups excluding carboxylic acids is 1. The second-order valence-corrected chi connectivity index (χ2v) is 5.75. The van der Waals surface area contributed by atoms with Gasteiger partial charge in [0, 0.05) is 44.4 Å². The number of rotatable bonds is 3. The molecule has 4 heterocycles. The molecular weight excluding hydrogens is 294 g/mol. The van der Waals surface area contributed by atoms with E-state index in [1.54, 1.807) is 30.9 Å². The van der Waals surface area contributed by atoms with Crippen LogP contribution in [0, 0.1) is 0 Å². The van der Waals surface area contributed by atoms with Crippen molar-refractivity contribution in [3.8, 4) is 0 Å². The van der Waals surface area contributed by atoms with Gasteiger partial charge in [0.1, 0.15) is 6.61 Å². The second kappa shape index (κ2) is 5.92. The van der Waals surface area contributed by atoms with E-state index in [1.807, 2.05) is 17.0 Å². The molecule has 2 saturated heterocycles. The van der Waals surface area contributed by atoms with Gasteiger partial charge in [-0.3, -0.25) is 9.78 Å². The lowest BCUT2D eigenvalue weighted by molar-refractivity contribution is -0.153. The van der Waals surface area contributed by atoms with E-state index < -0.39 is 0 Å². The lowest BCUT2D eigenvalue weighted by Gasteiger charge is -2.36. The zero-order valence-electron chi connectivity index (χ0n) is 12.6. The molecule has 0 spiro atoms. The highest BCUT2D eigenvalue weighted by Gasteiger charge is 2.43. The van der Waals surface area contributed by atoms with Crippen LogP contribution in [0.25, 0.3) is 0 Å². The quantitative estimate of drug-likeness (QED) is 0.821. The second-order valence-electron chi connectivity index (χ2n) is 5.75. The van der Waals surface area contributed by atoms with Crippen LogP contribution in [-0.2, 0) is 16.1 Å². The van der Waals surface area contributed by atoms with Gasteiger partial charge in [-0.15, -0.1) is 0 Å². The van der Waals surface area contributed by atoms with Gasteiger partial charge in [-0.25, -0.2) is 9.97 Å². The summed E-state index contributed by atoms with van der Waals surface area (Å²) in [6.07, 6.45) is 6.98. The fourth-order valence-electron chi connectivity index (χ4n) is 3.18. The first-order valence-corrected chi connectivity index (χ1v) is 7.63. The van der Waals surface area contributed by atoms with Gasteiger partial charge in [0.05, 0.1) is 12.1 Å². The van der Waals surface area contributed by atoms with Crippen LogP contribution in [0.3, 0.4) is 0 Å². The number of nitrogens with zero attached hydrogens (tertiary/aromatic N) is 5. The number of fused-ring (bicyclic) bond motifs is 1. The van der Waals surface area contributed by atoms with E-state index in [0.717, 1.165) is 5.56 Å². The fourth-order valence-corrected chi connectivity index (χ4v) is 3.18. The molecule has 2 aliphatic heterocycles. The largest absolute Gasteiger partial charge is 0.364 e. The molecule has 7 heteroatoms. The molecule has 0 unspecified atom stereocenters. The van der Waals surface area contributed by atoms with Crippen LogP contribution < -0.4 is 4.90 Å². The van der Waals surface area contributed by atoms with Gasteiger partial charge < -0.3 is 14.5 Å². The van der Waals surface area contributed by atoms with Gasteiger partial charge in [-0.1, -0.05) is 6.07 Å². The number of hydrogen-bond acceptors (Lipinski definition) is 6. The van der Waals surface area contributed by atoms with E-state index >= 15 is 0 Å². The van der Waals surface area contributed by atoms with Crippen molar-refractivity contribution in [3.63, 3.8) is 0 Å². The molecule has 118 valence electrons. The molecule has 0 N–H and O–H groups in total. The fraction of sp³-hybridized carbons (Fsp3) is 0.375. The van der Waals surface area contributed by atoms with E-state index in [1.165, 1.54) is 0 Å². The van der Waals surface area contributed by atoms with Crippen molar-refractivity contribution in [1.29, 1.82) is 0 Å². The first-order valence-electron chi connectivity index (χ1n) is 7.63. The molecule has 0 aliphatic carbocycles. The molecule has 0 saturated carbocycles. The highest BCUT2D eigenvalue weighted by atomic mass is 16.5. The topological polar surface area (TPSA) is 71.5 Å². The molecule has 23 heavy (non-hydrogen) atoms. The standard InChI is InChI=1S/C16H17N5O2/c22-15-11-23-14-10-20(16-18-5-2-6-19-16)9-13(14)21(15)8-12-3-1-4-17-7-12/h1-7,13-14H,8-11H2/t13-,14-/m1/s1. The molecular formula is C16H17N5O2. The number of hydrogen-bond donors (Lipinski definition) is 0. The summed E-state index contributed by atoms with van der Waals surface area (Å²) in [4.78, 5) is 29.0. The van der Waals surface area contributed by atoms with Crippen molar-refractivity contribution < 1.29 is 9.53 Å². The summed E-state index contributed by atoms with van der Waals surface area (Å²) >= 11 is 0. The van der Waals surface area contributed by atoms with Gasteiger partial charge >= 0.3 is 0 Å². The Morgan fingerprint density at radius 1 is 1.17 bits per heavy atom. The predicted molar refractivity (Wildman–Crippen MR) is 82.6 cm³/mol. The number of amides is 1. The van der Waals surface area contributed by atoms with Gasteiger partial charge in [0.15, 0.2) is 0 Å². The van der Waals surface area contributed by atoms with Crippen LogP contribution in [-0.4, -0.2) is 57.6 Å². The maximum absolute atomic E-state index is 12.3. The van der Waals surface area contributed by atoms with E-state index in [0.29, 0.717) is 25.6 Å². The summed E-state index contributed by atoms with van der Waals surface area (Å²) in [5.41, 5.74) is 1.02. The number of anilines is 1. The minimum absolute atomic E-state index is 0.00632. The number of carbonyl (C=O) groups is 1.